The Hall–Kier alpha value is -1.09. The Kier molecular flexibility index (Phi) is 3.25. The number of anilines is 1. The molecule has 1 aliphatic rings. The summed E-state index contributed by atoms with van der Waals surface area (Å²) in [6.45, 7) is 3.50. The van der Waals surface area contributed by atoms with Crippen LogP contribution in [0, 0.1) is 5.41 Å². The van der Waals surface area contributed by atoms with E-state index in [0.29, 0.717) is 5.41 Å². The van der Waals surface area contributed by atoms with Crippen LogP contribution in [0.2, 0.25) is 0 Å². The van der Waals surface area contributed by atoms with Crippen LogP contribution in [0.15, 0.2) is 24.3 Å². The van der Waals surface area contributed by atoms with Gasteiger partial charge in [0, 0.05) is 11.9 Å². The zero-order chi connectivity index (χ0) is 12.4. The first kappa shape index (κ1) is 12.0. The Labute approximate surface area is 113 Å². The van der Waals surface area contributed by atoms with E-state index in [0.717, 1.165) is 12.1 Å². The van der Waals surface area contributed by atoms with E-state index < -0.39 is 0 Å². The lowest BCUT2D eigenvalue weighted by Gasteiger charge is -2.33. The van der Waals surface area contributed by atoms with Crippen molar-refractivity contribution in [2.45, 2.75) is 39.0 Å². The zero-order valence-corrected chi connectivity index (χ0v) is 11.7. The van der Waals surface area contributed by atoms with E-state index in [4.69, 9.17) is 0 Å². The van der Waals surface area contributed by atoms with Crippen LogP contribution in [0.4, 0.5) is 5.00 Å². The van der Waals surface area contributed by atoms with Crippen molar-refractivity contribution in [2.24, 2.45) is 5.41 Å². The maximum absolute atomic E-state index is 4.48. The van der Waals surface area contributed by atoms with Gasteiger partial charge < -0.3 is 5.32 Å². The molecule has 0 atom stereocenters. The van der Waals surface area contributed by atoms with Gasteiger partial charge in [0.15, 0.2) is 0 Å². The molecule has 1 N–H and O–H groups in total. The summed E-state index contributed by atoms with van der Waals surface area (Å²) in [5, 5.41) is 6.13. The Morgan fingerprint density at radius 2 is 2.00 bits per heavy atom. The van der Waals surface area contributed by atoms with E-state index in [1.54, 1.807) is 11.5 Å². The lowest BCUT2D eigenvalue weighted by Crippen LogP contribution is -2.28. The summed E-state index contributed by atoms with van der Waals surface area (Å²) in [5.41, 5.74) is 1.59. The maximum atomic E-state index is 4.48. The molecule has 96 valence electrons. The highest BCUT2D eigenvalue weighted by Crippen LogP contribution is 2.37. The molecule has 3 rings (SSSR count). The summed E-state index contributed by atoms with van der Waals surface area (Å²) in [6.07, 6.45) is 6.91. The van der Waals surface area contributed by atoms with Gasteiger partial charge >= 0.3 is 0 Å². The molecule has 2 aromatic rings. The van der Waals surface area contributed by atoms with Gasteiger partial charge in [-0.15, -0.1) is 0 Å². The van der Waals surface area contributed by atoms with Crippen molar-refractivity contribution in [3.8, 4) is 0 Å². The van der Waals surface area contributed by atoms with Crippen LogP contribution in [0.3, 0.4) is 0 Å². The topological polar surface area (TPSA) is 24.9 Å². The molecule has 1 heterocycles. The van der Waals surface area contributed by atoms with Gasteiger partial charge in [0.2, 0.25) is 0 Å². The first-order valence-electron chi connectivity index (χ1n) is 6.85. The minimum atomic E-state index is 0.476. The standard InChI is InChI=1S/C15H20N2S/c1-15(9-5-2-6-10-15)11-16-14-12-7-3-4-8-13(12)17-18-14/h3-4,7-8,16H,2,5-6,9-11H2,1H3. The number of aromatic nitrogens is 1. The highest BCUT2D eigenvalue weighted by atomic mass is 32.1. The van der Waals surface area contributed by atoms with Crippen LogP contribution in [0.5, 0.6) is 0 Å². The Balaban J connectivity index is 1.73. The van der Waals surface area contributed by atoms with Gasteiger partial charge in [0.05, 0.1) is 5.52 Å². The number of nitrogens with zero attached hydrogens (tertiary/aromatic N) is 1. The number of fused-ring (bicyclic) bond motifs is 1. The first-order chi connectivity index (χ1) is 8.77. The maximum Gasteiger partial charge on any atom is 0.117 e. The Morgan fingerprint density at radius 1 is 1.22 bits per heavy atom. The van der Waals surface area contributed by atoms with Gasteiger partial charge in [-0.3, -0.25) is 0 Å². The van der Waals surface area contributed by atoms with Gasteiger partial charge in [-0.25, -0.2) is 0 Å². The van der Waals surface area contributed by atoms with E-state index >= 15 is 0 Å². The molecule has 3 heteroatoms. The van der Waals surface area contributed by atoms with Crippen molar-refractivity contribution in [1.82, 2.24) is 4.37 Å². The smallest absolute Gasteiger partial charge is 0.117 e. The van der Waals surface area contributed by atoms with Gasteiger partial charge in [-0.1, -0.05) is 38.3 Å². The minimum absolute atomic E-state index is 0.476. The van der Waals surface area contributed by atoms with Crippen LogP contribution >= 0.6 is 11.5 Å². The zero-order valence-electron chi connectivity index (χ0n) is 10.9. The van der Waals surface area contributed by atoms with Gasteiger partial charge in [-0.2, -0.15) is 4.37 Å². The van der Waals surface area contributed by atoms with Crippen LogP contribution in [0.1, 0.15) is 39.0 Å². The van der Waals surface area contributed by atoms with Crippen molar-refractivity contribution in [3.05, 3.63) is 24.3 Å². The molecule has 0 saturated heterocycles. The normalized spacial score (nSPS) is 18.9. The summed E-state index contributed by atoms with van der Waals surface area (Å²) in [7, 11) is 0. The van der Waals surface area contributed by atoms with E-state index in [-0.39, 0.29) is 0 Å². The summed E-state index contributed by atoms with van der Waals surface area (Å²) >= 11 is 1.59. The van der Waals surface area contributed by atoms with E-state index in [9.17, 15) is 0 Å². The summed E-state index contributed by atoms with van der Waals surface area (Å²) in [6, 6.07) is 8.38. The fraction of sp³-hybridized carbons (Fsp3) is 0.533. The van der Waals surface area contributed by atoms with Crippen molar-refractivity contribution in [1.29, 1.82) is 0 Å². The third kappa shape index (κ3) is 2.37. The molecule has 2 nitrogen and oxygen atoms in total. The summed E-state index contributed by atoms with van der Waals surface area (Å²) in [5.74, 6) is 0. The summed E-state index contributed by atoms with van der Waals surface area (Å²) in [4.78, 5) is 0. The molecule has 0 amide bonds. The Morgan fingerprint density at radius 3 is 2.83 bits per heavy atom. The lowest BCUT2D eigenvalue weighted by molar-refractivity contribution is 0.233. The van der Waals surface area contributed by atoms with E-state index in [1.807, 2.05) is 6.07 Å². The fourth-order valence-corrected chi connectivity index (χ4v) is 3.65. The van der Waals surface area contributed by atoms with Gasteiger partial charge in [0.1, 0.15) is 5.00 Å². The molecule has 1 fully saturated rings. The quantitative estimate of drug-likeness (QED) is 0.866. The molecule has 0 unspecified atom stereocenters. The molecule has 18 heavy (non-hydrogen) atoms. The fourth-order valence-electron chi connectivity index (χ4n) is 2.89. The highest BCUT2D eigenvalue weighted by Gasteiger charge is 2.26. The average molecular weight is 260 g/mol. The van der Waals surface area contributed by atoms with Crippen LogP contribution in [-0.2, 0) is 0 Å². The van der Waals surface area contributed by atoms with Gasteiger partial charge in [0.25, 0.3) is 0 Å². The SMILES string of the molecule is CC1(CNc2snc3ccccc23)CCCCC1. The van der Waals surface area contributed by atoms with Crippen molar-refractivity contribution in [2.75, 3.05) is 11.9 Å². The second-order valence-corrected chi connectivity index (χ2v) is 6.53. The van der Waals surface area contributed by atoms with Crippen molar-refractivity contribution in [3.63, 3.8) is 0 Å². The molecule has 1 aliphatic carbocycles. The molecule has 1 saturated carbocycles. The molecule has 1 aromatic carbocycles. The van der Waals surface area contributed by atoms with Crippen LogP contribution in [-0.4, -0.2) is 10.9 Å². The number of rotatable bonds is 3. The largest absolute Gasteiger partial charge is 0.375 e. The molecule has 1 aromatic heterocycles. The molecule has 0 spiro atoms. The number of nitrogens with one attached hydrogen (secondary N) is 1. The predicted molar refractivity (Wildman–Crippen MR) is 79.3 cm³/mol. The van der Waals surface area contributed by atoms with Crippen molar-refractivity contribution >= 4 is 27.4 Å². The number of benzene rings is 1. The lowest BCUT2D eigenvalue weighted by atomic mass is 9.76. The molecular formula is C15H20N2S. The molecule has 0 aliphatic heterocycles. The van der Waals surface area contributed by atoms with E-state index in [1.165, 1.54) is 42.5 Å². The predicted octanol–water partition coefficient (Wildman–Crippen LogP) is 4.68. The Bertz CT molecular complexity index is 526. The second kappa shape index (κ2) is 4.88. The number of hydrogen-bond donors (Lipinski definition) is 1. The molecule has 0 bridgehead atoms. The second-order valence-electron chi connectivity index (χ2n) is 5.75. The molecule has 0 radical (unpaired) electrons. The average Bonchev–Trinajstić information content (AvgIpc) is 2.81. The first-order valence-corrected chi connectivity index (χ1v) is 7.63. The van der Waals surface area contributed by atoms with Crippen LogP contribution in [0.25, 0.3) is 10.9 Å². The third-order valence-corrected chi connectivity index (χ3v) is 4.96. The monoisotopic (exact) mass is 260 g/mol. The number of hydrogen-bond acceptors (Lipinski definition) is 3. The van der Waals surface area contributed by atoms with Gasteiger partial charge in [-0.05, 0) is 41.9 Å². The summed E-state index contributed by atoms with van der Waals surface area (Å²) < 4.78 is 4.48. The molecular weight excluding hydrogens is 240 g/mol. The van der Waals surface area contributed by atoms with Crippen LogP contribution < -0.4 is 5.32 Å². The highest BCUT2D eigenvalue weighted by molar-refractivity contribution is 7.11. The minimum Gasteiger partial charge on any atom is -0.375 e. The van der Waals surface area contributed by atoms with Crippen molar-refractivity contribution < 1.29 is 0 Å². The van der Waals surface area contributed by atoms with E-state index in [2.05, 4.69) is 34.8 Å². The third-order valence-electron chi connectivity index (χ3n) is 4.12.